The summed E-state index contributed by atoms with van der Waals surface area (Å²) in [7, 11) is 1.41. The number of nitrogens with zero attached hydrogens (tertiary/aromatic N) is 4. The minimum Gasteiger partial charge on any atom is -0.476 e. The molecule has 0 radical (unpaired) electrons. The molecule has 4 N–H and O–H groups in total. The number of ether oxygens (including phenoxy) is 3. The van der Waals surface area contributed by atoms with Gasteiger partial charge in [0.25, 0.3) is 0 Å². The van der Waals surface area contributed by atoms with E-state index in [1.807, 2.05) is 12.1 Å². The Hall–Kier alpha value is -3.32. The summed E-state index contributed by atoms with van der Waals surface area (Å²) in [6.45, 7) is 8.24. The molecular weight excluding hydrogens is 526 g/mol. The summed E-state index contributed by atoms with van der Waals surface area (Å²) < 4.78 is 16.2. The van der Waals surface area contributed by atoms with Gasteiger partial charge in [-0.2, -0.15) is 4.98 Å². The van der Waals surface area contributed by atoms with Gasteiger partial charge in [-0.05, 0) is 63.0 Å². The number of hydrogen-bond donors (Lipinski definition) is 3. The number of methoxy groups -OCH3 is 1. The molecule has 0 saturated carbocycles. The second-order valence-electron chi connectivity index (χ2n) is 10.4. The Labute approximate surface area is 240 Å². The number of unbranched alkanes of at least 4 members (excludes halogenated alkanes) is 1. The van der Waals surface area contributed by atoms with Gasteiger partial charge in [0.2, 0.25) is 5.88 Å². The Morgan fingerprint density at radius 2 is 1.90 bits per heavy atom. The predicted molar refractivity (Wildman–Crippen MR) is 156 cm³/mol. The van der Waals surface area contributed by atoms with Crippen molar-refractivity contribution in [2.45, 2.75) is 45.1 Å². The second kappa shape index (κ2) is 16.2. The van der Waals surface area contributed by atoms with Crippen molar-refractivity contribution in [3.8, 4) is 5.88 Å². The molecule has 0 spiro atoms. The first-order valence-electron chi connectivity index (χ1n) is 14.5. The van der Waals surface area contributed by atoms with Crippen LogP contribution in [0.25, 0.3) is 11.2 Å². The summed E-state index contributed by atoms with van der Waals surface area (Å²) in [6.07, 6.45) is 4.47. The van der Waals surface area contributed by atoms with Crippen molar-refractivity contribution in [3.63, 3.8) is 0 Å². The van der Waals surface area contributed by atoms with Crippen LogP contribution in [-0.4, -0.2) is 102 Å². The topological polar surface area (TPSA) is 152 Å². The monoisotopic (exact) mass is 569 g/mol. The van der Waals surface area contributed by atoms with E-state index in [0.29, 0.717) is 42.4 Å². The number of carbonyl (C=O) groups excluding carboxylic acids is 1. The number of morpholine rings is 1. The molecule has 1 aliphatic rings. The van der Waals surface area contributed by atoms with Crippen LogP contribution in [0.1, 0.15) is 42.6 Å². The molecule has 4 rings (SSSR count). The van der Waals surface area contributed by atoms with Gasteiger partial charge < -0.3 is 19.9 Å². The molecule has 1 aromatic carbocycles. The maximum absolute atomic E-state index is 11.9. The first kappa shape index (κ1) is 30.6. The van der Waals surface area contributed by atoms with Gasteiger partial charge in [0.1, 0.15) is 11.3 Å². The molecule has 1 fully saturated rings. The standard InChI is InChI=1S/C29H43N7O5/c1-39-25(37)20-22-7-4-8-23(19-22)21-36(13-6-12-35-14-17-40-18-15-35)11-5-9-24-31-27-26(33-29(38)34-27)28(32-24)41-16-3-2-10-30/h4,7-8,19H,2-3,5-6,9-18,20-21,30H2,1H3,(H2,31,32,33,34,38). The number of H-pyrrole nitrogens is 2. The number of imidazole rings is 1. The molecule has 224 valence electrons. The molecule has 3 heterocycles. The first-order valence-corrected chi connectivity index (χ1v) is 14.5. The maximum Gasteiger partial charge on any atom is 0.325 e. The lowest BCUT2D eigenvalue weighted by atomic mass is 10.1. The molecule has 0 unspecified atom stereocenters. The van der Waals surface area contributed by atoms with Crippen molar-refractivity contribution >= 4 is 17.1 Å². The normalized spacial score (nSPS) is 14.1. The van der Waals surface area contributed by atoms with Gasteiger partial charge in [-0.1, -0.05) is 24.3 Å². The molecule has 0 amide bonds. The Kier molecular flexibility index (Phi) is 12.1. The van der Waals surface area contributed by atoms with Gasteiger partial charge in [-0.3, -0.25) is 24.6 Å². The van der Waals surface area contributed by atoms with Crippen LogP contribution in [0, 0.1) is 0 Å². The second-order valence-corrected chi connectivity index (χ2v) is 10.4. The van der Waals surface area contributed by atoms with Crippen LogP contribution < -0.4 is 16.2 Å². The highest BCUT2D eigenvalue weighted by Gasteiger charge is 2.15. The SMILES string of the molecule is COC(=O)Cc1cccc(CN(CCCc2nc(OCCCCN)c3[nH]c(=O)[nH]c3n2)CCCN2CCOCC2)c1. The molecule has 12 nitrogen and oxygen atoms in total. The highest BCUT2D eigenvalue weighted by atomic mass is 16.5. The zero-order chi connectivity index (χ0) is 28.9. The van der Waals surface area contributed by atoms with Crippen LogP contribution in [-0.2, 0) is 33.7 Å². The third-order valence-electron chi connectivity index (χ3n) is 7.13. The van der Waals surface area contributed by atoms with Crippen LogP contribution in [0.3, 0.4) is 0 Å². The van der Waals surface area contributed by atoms with Gasteiger partial charge in [0, 0.05) is 26.1 Å². The number of aromatic amines is 2. The average molecular weight is 570 g/mol. The third-order valence-corrected chi connectivity index (χ3v) is 7.13. The van der Waals surface area contributed by atoms with E-state index in [0.717, 1.165) is 89.3 Å². The fourth-order valence-corrected chi connectivity index (χ4v) is 4.98. The van der Waals surface area contributed by atoms with E-state index in [2.05, 4.69) is 41.9 Å². The van der Waals surface area contributed by atoms with E-state index in [1.165, 1.54) is 7.11 Å². The summed E-state index contributed by atoms with van der Waals surface area (Å²) in [5.41, 5.74) is 8.31. The van der Waals surface area contributed by atoms with E-state index >= 15 is 0 Å². The van der Waals surface area contributed by atoms with Gasteiger partial charge in [-0.25, -0.2) is 9.78 Å². The number of hydrogen-bond acceptors (Lipinski definition) is 10. The van der Waals surface area contributed by atoms with Crippen LogP contribution in [0.4, 0.5) is 0 Å². The molecule has 0 bridgehead atoms. The molecular formula is C29H43N7O5. The lowest BCUT2D eigenvalue weighted by molar-refractivity contribution is -0.139. The Bertz CT molecular complexity index is 1290. The van der Waals surface area contributed by atoms with Crippen LogP contribution in [0.2, 0.25) is 0 Å². The van der Waals surface area contributed by atoms with Crippen molar-refractivity contribution in [3.05, 3.63) is 51.7 Å². The number of nitrogens with one attached hydrogen (secondary N) is 2. The van der Waals surface area contributed by atoms with Gasteiger partial charge in [-0.15, -0.1) is 0 Å². The molecule has 3 aromatic rings. The largest absolute Gasteiger partial charge is 0.476 e. The number of benzene rings is 1. The highest BCUT2D eigenvalue weighted by molar-refractivity contribution is 5.75. The molecule has 0 aliphatic carbocycles. The maximum atomic E-state index is 11.9. The highest BCUT2D eigenvalue weighted by Crippen LogP contribution is 2.19. The average Bonchev–Trinajstić information content (AvgIpc) is 3.36. The number of nitrogens with two attached hydrogens (primary N) is 1. The van der Waals surface area contributed by atoms with E-state index in [-0.39, 0.29) is 18.1 Å². The van der Waals surface area contributed by atoms with Crippen molar-refractivity contribution in [1.82, 2.24) is 29.7 Å². The van der Waals surface area contributed by atoms with E-state index in [4.69, 9.17) is 19.9 Å². The number of carbonyl (C=O) groups is 1. The fraction of sp³-hybridized carbons (Fsp3) is 0.586. The lowest BCUT2D eigenvalue weighted by Gasteiger charge is -2.28. The van der Waals surface area contributed by atoms with Gasteiger partial charge in [0.05, 0.1) is 33.4 Å². The fourth-order valence-electron chi connectivity index (χ4n) is 4.98. The smallest absolute Gasteiger partial charge is 0.325 e. The van der Waals surface area contributed by atoms with Crippen molar-refractivity contribution in [1.29, 1.82) is 0 Å². The Morgan fingerprint density at radius 1 is 1.10 bits per heavy atom. The quantitative estimate of drug-likeness (QED) is 0.162. The summed E-state index contributed by atoms with van der Waals surface area (Å²) >= 11 is 0. The van der Waals surface area contributed by atoms with E-state index in [9.17, 15) is 9.59 Å². The van der Waals surface area contributed by atoms with Gasteiger partial charge >= 0.3 is 11.7 Å². The zero-order valence-corrected chi connectivity index (χ0v) is 24.0. The predicted octanol–water partition coefficient (Wildman–Crippen LogP) is 1.64. The summed E-state index contributed by atoms with van der Waals surface area (Å²) in [6, 6.07) is 8.13. The van der Waals surface area contributed by atoms with Crippen LogP contribution in [0.15, 0.2) is 29.1 Å². The summed E-state index contributed by atoms with van der Waals surface area (Å²) in [4.78, 5) is 43.3. The van der Waals surface area contributed by atoms with Crippen molar-refractivity contribution in [2.75, 3.05) is 66.2 Å². The zero-order valence-electron chi connectivity index (χ0n) is 24.0. The molecule has 2 aromatic heterocycles. The van der Waals surface area contributed by atoms with Gasteiger partial charge in [0.15, 0.2) is 5.65 Å². The number of esters is 1. The first-order chi connectivity index (χ1) is 20.0. The molecule has 0 atom stereocenters. The van der Waals surface area contributed by atoms with Crippen LogP contribution in [0.5, 0.6) is 5.88 Å². The lowest BCUT2D eigenvalue weighted by Crippen LogP contribution is -2.38. The third kappa shape index (κ3) is 9.92. The van der Waals surface area contributed by atoms with E-state index < -0.39 is 0 Å². The molecule has 1 aliphatic heterocycles. The minimum atomic E-state index is -0.334. The molecule has 1 saturated heterocycles. The Morgan fingerprint density at radius 3 is 2.71 bits per heavy atom. The van der Waals surface area contributed by atoms with E-state index in [1.54, 1.807) is 0 Å². The van der Waals surface area contributed by atoms with Crippen LogP contribution >= 0.6 is 0 Å². The Balaban J connectivity index is 1.39. The molecule has 12 heteroatoms. The van der Waals surface area contributed by atoms with Crippen molar-refractivity contribution < 1.29 is 19.0 Å². The number of aromatic nitrogens is 4. The minimum absolute atomic E-state index is 0.243. The number of aryl methyl sites for hydroxylation is 1. The summed E-state index contributed by atoms with van der Waals surface area (Å²) in [5.74, 6) is 0.785. The molecule has 41 heavy (non-hydrogen) atoms. The van der Waals surface area contributed by atoms with Crippen molar-refractivity contribution in [2.24, 2.45) is 5.73 Å². The summed E-state index contributed by atoms with van der Waals surface area (Å²) in [5, 5.41) is 0. The number of rotatable bonds is 17. The number of fused-ring (bicyclic) bond motifs is 1.